The van der Waals surface area contributed by atoms with Crippen molar-refractivity contribution in [3.05, 3.63) is 35.4 Å². The summed E-state index contributed by atoms with van der Waals surface area (Å²) >= 11 is 0. The Morgan fingerprint density at radius 1 is 1.14 bits per heavy atom. The molecule has 0 aliphatic rings. The summed E-state index contributed by atoms with van der Waals surface area (Å²) in [7, 11) is 0. The Labute approximate surface area is 146 Å². The maximum Gasteiger partial charge on any atom is 1.00 e. The predicted octanol–water partition coefficient (Wildman–Crippen LogP) is -1.21. The first kappa shape index (κ1) is 15.2. The minimum atomic E-state index is -0.00485. The summed E-state index contributed by atoms with van der Waals surface area (Å²) < 4.78 is 0. The van der Waals surface area contributed by atoms with Crippen LogP contribution < -0.4 is 74.0 Å². The Morgan fingerprint density at radius 3 is 2.21 bits per heavy atom. The molecule has 0 aliphatic carbocycles. The molecule has 0 saturated carbocycles. The van der Waals surface area contributed by atoms with E-state index >= 15 is 0 Å². The van der Waals surface area contributed by atoms with E-state index in [2.05, 4.69) is 26.0 Å². The molecule has 0 radical (unpaired) electrons. The summed E-state index contributed by atoms with van der Waals surface area (Å²) in [6.07, 6.45) is 1.75. The van der Waals surface area contributed by atoms with Gasteiger partial charge in [-0.25, -0.2) is 0 Å². The minimum absolute atomic E-state index is 0. The molecule has 0 fully saturated rings. The number of hydrogen-bond acceptors (Lipinski definition) is 1. The summed E-state index contributed by atoms with van der Waals surface area (Å²) in [5, 5.41) is 10.5. The molecule has 72 valence electrons. The fourth-order valence-electron chi connectivity index (χ4n) is 1.55. The van der Waals surface area contributed by atoms with Gasteiger partial charge < -0.3 is 5.11 Å². The maximum atomic E-state index is 10.5. The second kappa shape index (κ2) is 8.39. The summed E-state index contributed by atoms with van der Waals surface area (Å²) in [6.45, 7) is 4.40. The molecule has 1 rings (SSSR count). The fourth-order valence-corrected chi connectivity index (χ4v) is 1.55. The average molecular weight is 310 g/mol. The molecule has 0 aliphatic heterocycles. The SMILES string of the molecule is CC(C)Cc1ccccc1CC[O-].[Cs+]. The molecule has 0 spiro atoms. The topological polar surface area (TPSA) is 23.1 Å². The van der Waals surface area contributed by atoms with Crippen LogP contribution in [-0.2, 0) is 12.8 Å². The van der Waals surface area contributed by atoms with E-state index in [9.17, 15) is 5.11 Å². The smallest absolute Gasteiger partial charge is 0.854 e. The maximum absolute atomic E-state index is 10.5. The van der Waals surface area contributed by atoms with Crippen LogP contribution in [-0.4, -0.2) is 6.61 Å². The van der Waals surface area contributed by atoms with Crippen LogP contribution >= 0.6 is 0 Å². The van der Waals surface area contributed by atoms with Crippen molar-refractivity contribution >= 4 is 0 Å². The zero-order valence-electron chi connectivity index (χ0n) is 9.42. The van der Waals surface area contributed by atoms with Crippen LogP contribution in [0, 0.1) is 5.92 Å². The number of hydrogen-bond donors (Lipinski definition) is 0. The molecule has 14 heavy (non-hydrogen) atoms. The Hall–Kier alpha value is 1.23. The molecule has 2 heteroatoms. The van der Waals surface area contributed by atoms with E-state index in [0.717, 1.165) is 6.42 Å². The zero-order valence-corrected chi connectivity index (χ0v) is 15.7. The van der Waals surface area contributed by atoms with Gasteiger partial charge in [-0.3, -0.25) is 0 Å². The molecular formula is C12H17CsO. The van der Waals surface area contributed by atoms with Crippen LogP contribution in [0.4, 0.5) is 0 Å². The molecular weight excluding hydrogens is 293 g/mol. The van der Waals surface area contributed by atoms with E-state index in [1.54, 1.807) is 0 Å². The van der Waals surface area contributed by atoms with Crippen molar-refractivity contribution in [2.45, 2.75) is 26.7 Å². The summed E-state index contributed by atoms with van der Waals surface area (Å²) in [5.41, 5.74) is 2.57. The van der Waals surface area contributed by atoms with Crippen LogP contribution in [0.3, 0.4) is 0 Å². The average Bonchev–Trinajstić information content (AvgIpc) is 2.08. The van der Waals surface area contributed by atoms with E-state index in [1.165, 1.54) is 11.1 Å². The van der Waals surface area contributed by atoms with Crippen LogP contribution in [0.2, 0.25) is 0 Å². The quantitative estimate of drug-likeness (QED) is 0.685. The molecule has 0 N–H and O–H groups in total. The standard InChI is InChI=1S/C12H17O.Cs/c1-10(2)9-12-6-4-3-5-11(12)7-8-13;/h3-6,10H,7-9H2,1-2H3;/q-1;+1. The van der Waals surface area contributed by atoms with Crippen molar-refractivity contribution in [1.82, 2.24) is 0 Å². The van der Waals surface area contributed by atoms with Crippen LogP contribution in [0.15, 0.2) is 24.3 Å². The molecule has 0 amide bonds. The van der Waals surface area contributed by atoms with E-state index in [1.807, 2.05) is 12.1 Å². The zero-order chi connectivity index (χ0) is 9.68. The molecule has 0 heterocycles. The van der Waals surface area contributed by atoms with Gasteiger partial charge in [0, 0.05) is 0 Å². The Balaban J connectivity index is 0.00000169. The minimum Gasteiger partial charge on any atom is -0.854 e. The second-order valence-electron chi connectivity index (χ2n) is 3.82. The molecule has 1 nitrogen and oxygen atoms in total. The van der Waals surface area contributed by atoms with Crippen molar-refractivity contribution in [2.75, 3.05) is 6.61 Å². The number of rotatable bonds is 4. The first-order valence-corrected chi connectivity index (χ1v) is 4.89. The van der Waals surface area contributed by atoms with Gasteiger partial charge in [0.1, 0.15) is 0 Å². The Morgan fingerprint density at radius 2 is 1.71 bits per heavy atom. The molecule has 0 aromatic heterocycles. The third-order valence-corrected chi connectivity index (χ3v) is 2.12. The monoisotopic (exact) mass is 310 g/mol. The summed E-state index contributed by atoms with van der Waals surface area (Å²) in [5.74, 6) is 0.660. The molecule has 1 aromatic carbocycles. The normalized spacial score (nSPS) is 10.0. The van der Waals surface area contributed by atoms with Crippen molar-refractivity contribution < 1.29 is 74.0 Å². The van der Waals surface area contributed by atoms with Crippen molar-refractivity contribution in [1.29, 1.82) is 0 Å². The van der Waals surface area contributed by atoms with Gasteiger partial charge in [-0.05, 0) is 29.9 Å². The van der Waals surface area contributed by atoms with Gasteiger partial charge in [0.05, 0.1) is 0 Å². The second-order valence-corrected chi connectivity index (χ2v) is 3.82. The molecule has 0 saturated heterocycles. The largest absolute Gasteiger partial charge is 1.00 e. The third kappa shape index (κ3) is 5.35. The Bertz CT molecular complexity index is 258. The summed E-state index contributed by atoms with van der Waals surface area (Å²) in [4.78, 5) is 0. The van der Waals surface area contributed by atoms with Gasteiger partial charge in [0.25, 0.3) is 0 Å². The van der Waals surface area contributed by atoms with Crippen LogP contribution in [0.5, 0.6) is 0 Å². The van der Waals surface area contributed by atoms with Gasteiger partial charge in [-0.15, -0.1) is 6.61 Å². The first-order valence-electron chi connectivity index (χ1n) is 4.89. The predicted molar refractivity (Wildman–Crippen MR) is 53.6 cm³/mol. The molecule has 0 unspecified atom stereocenters. The molecule has 0 bridgehead atoms. The van der Waals surface area contributed by atoms with E-state index in [0.29, 0.717) is 12.3 Å². The van der Waals surface area contributed by atoms with Crippen molar-refractivity contribution in [2.24, 2.45) is 5.92 Å². The summed E-state index contributed by atoms with van der Waals surface area (Å²) in [6, 6.07) is 8.25. The van der Waals surface area contributed by atoms with Gasteiger partial charge in [-0.1, -0.05) is 38.1 Å². The third-order valence-electron chi connectivity index (χ3n) is 2.12. The first-order chi connectivity index (χ1) is 6.24. The number of benzene rings is 1. The van der Waals surface area contributed by atoms with Crippen LogP contribution in [0.1, 0.15) is 25.0 Å². The van der Waals surface area contributed by atoms with Crippen molar-refractivity contribution in [3.63, 3.8) is 0 Å². The van der Waals surface area contributed by atoms with Crippen molar-refractivity contribution in [3.8, 4) is 0 Å². The molecule has 0 atom stereocenters. The van der Waals surface area contributed by atoms with Gasteiger partial charge in [0.15, 0.2) is 0 Å². The fraction of sp³-hybridized carbons (Fsp3) is 0.500. The Kier molecular flexibility index (Phi) is 9.13. The van der Waals surface area contributed by atoms with Gasteiger partial charge >= 0.3 is 68.9 Å². The van der Waals surface area contributed by atoms with E-state index in [-0.39, 0.29) is 75.5 Å². The van der Waals surface area contributed by atoms with Gasteiger partial charge in [-0.2, -0.15) is 0 Å². The van der Waals surface area contributed by atoms with Crippen LogP contribution in [0.25, 0.3) is 0 Å². The van der Waals surface area contributed by atoms with E-state index in [4.69, 9.17) is 0 Å². The molecule has 1 aromatic rings. The van der Waals surface area contributed by atoms with E-state index < -0.39 is 0 Å². The van der Waals surface area contributed by atoms with Gasteiger partial charge in [0.2, 0.25) is 0 Å².